The molecular formula is C14H17NO3S. The second-order valence-electron chi connectivity index (χ2n) is 4.97. The minimum Gasteiger partial charge on any atom is -0.491 e. The molecule has 0 radical (unpaired) electrons. The number of benzene rings is 1. The van der Waals surface area contributed by atoms with Crippen LogP contribution in [-0.2, 0) is 17.6 Å². The molecule has 19 heavy (non-hydrogen) atoms. The first-order valence-electron chi connectivity index (χ1n) is 6.57. The van der Waals surface area contributed by atoms with E-state index in [2.05, 4.69) is 17.4 Å². The summed E-state index contributed by atoms with van der Waals surface area (Å²) in [6.07, 6.45) is 3.55. The minimum atomic E-state index is -0.785. The van der Waals surface area contributed by atoms with Gasteiger partial charge in [0.25, 0.3) is 0 Å². The SMILES string of the molecule is O=C(O)C1CSC(COc2ccc3c(c2)CCC3)N1. The average Bonchev–Trinajstić information content (AvgIpc) is 3.04. The normalized spacial score (nSPS) is 25.3. The molecule has 1 fully saturated rings. The van der Waals surface area contributed by atoms with Crippen molar-refractivity contribution in [1.29, 1.82) is 0 Å². The smallest absolute Gasteiger partial charge is 0.321 e. The average molecular weight is 279 g/mol. The van der Waals surface area contributed by atoms with Crippen LogP contribution >= 0.6 is 11.8 Å². The Hall–Kier alpha value is -1.20. The predicted molar refractivity (Wildman–Crippen MR) is 74.8 cm³/mol. The zero-order valence-electron chi connectivity index (χ0n) is 10.6. The summed E-state index contributed by atoms with van der Waals surface area (Å²) in [5.74, 6) is 0.711. The van der Waals surface area contributed by atoms with Gasteiger partial charge in [0.1, 0.15) is 18.4 Å². The highest BCUT2D eigenvalue weighted by Gasteiger charge is 2.29. The molecule has 4 nitrogen and oxygen atoms in total. The summed E-state index contributed by atoms with van der Waals surface area (Å²) in [5, 5.41) is 12.0. The third-order valence-corrected chi connectivity index (χ3v) is 4.82. The van der Waals surface area contributed by atoms with Gasteiger partial charge in [0.05, 0.1) is 5.37 Å². The standard InChI is InChI=1S/C14H17NO3S/c16-14(17)12-8-19-13(15-12)7-18-11-5-4-9-2-1-3-10(9)6-11/h4-6,12-13,15H,1-3,7-8H2,(H,16,17). The number of ether oxygens (including phenoxy) is 1. The highest BCUT2D eigenvalue weighted by atomic mass is 32.2. The zero-order chi connectivity index (χ0) is 13.2. The molecule has 1 aromatic carbocycles. The van der Waals surface area contributed by atoms with Gasteiger partial charge >= 0.3 is 5.97 Å². The number of carboxylic acid groups (broad SMARTS) is 1. The number of fused-ring (bicyclic) bond motifs is 1. The lowest BCUT2D eigenvalue weighted by Gasteiger charge is -2.13. The molecule has 2 unspecified atom stereocenters. The van der Waals surface area contributed by atoms with E-state index in [-0.39, 0.29) is 5.37 Å². The van der Waals surface area contributed by atoms with Gasteiger partial charge in [-0.25, -0.2) is 0 Å². The number of carbonyl (C=O) groups is 1. The topological polar surface area (TPSA) is 58.6 Å². The van der Waals surface area contributed by atoms with Gasteiger partial charge in [-0.3, -0.25) is 10.1 Å². The molecular weight excluding hydrogens is 262 g/mol. The Morgan fingerprint density at radius 3 is 3.05 bits per heavy atom. The first kappa shape index (κ1) is 12.8. The summed E-state index contributed by atoms with van der Waals surface area (Å²) in [7, 11) is 0. The molecule has 1 saturated heterocycles. The van der Waals surface area contributed by atoms with Crippen LogP contribution in [-0.4, -0.2) is 34.9 Å². The number of rotatable bonds is 4. The van der Waals surface area contributed by atoms with Crippen LogP contribution in [0.25, 0.3) is 0 Å². The fraction of sp³-hybridized carbons (Fsp3) is 0.500. The fourth-order valence-electron chi connectivity index (χ4n) is 2.58. The van der Waals surface area contributed by atoms with Crippen LogP contribution in [0.2, 0.25) is 0 Å². The maximum absolute atomic E-state index is 10.8. The zero-order valence-corrected chi connectivity index (χ0v) is 11.4. The van der Waals surface area contributed by atoms with Crippen molar-refractivity contribution in [3.8, 4) is 5.75 Å². The molecule has 1 heterocycles. The molecule has 0 spiro atoms. The van der Waals surface area contributed by atoms with Crippen molar-refractivity contribution >= 4 is 17.7 Å². The summed E-state index contributed by atoms with van der Waals surface area (Å²) in [6, 6.07) is 5.83. The number of thioether (sulfide) groups is 1. The fourth-order valence-corrected chi connectivity index (χ4v) is 3.67. The summed E-state index contributed by atoms with van der Waals surface area (Å²) in [4.78, 5) is 10.8. The van der Waals surface area contributed by atoms with Crippen molar-refractivity contribution in [2.24, 2.45) is 0 Å². The number of hydrogen-bond donors (Lipinski definition) is 2. The van der Waals surface area contributed by atoms with Crippen molar-refractivity contribution in [3.05, 3.63) is 29.3 Å². The summed E-state index contributed by atoms with van der Waals surface area (Å²) < 4.78 is 5.77. The quantitative estimate of drug-likeness (QED) is 0.878. The molecule has 2 aliphatic rings. The Bertz CT molecular complexity index is 492. The van der Waals surface area contributed by atoms with Gasteiger partial charge < -0.3 is 9.84 Å². The molecule has 0 saturated carbocycles. The molecule has 3 rings (SSSR count). The minimum absolute atomic E-state index is 0.0642. The van der Waals surface area contributed by atoms with E-state index in [1.54, 1.807) is 11.8 Å². The van der Waals surface area contributed by atoms with E-state index in [9.17, 15) is 4.79 Å². The van der Waals surface area contributed by atoms with Crippen LogP contribution in [0.3, 0.4) is 0 Å². The van der Waals surface area contributed by atoms with Crippen molar-refractivity contribution in [2.45, 2.75) is 30.7 Å². The van der Waals surface area contributed by atoms with E-state index >= 15 is 0 Å². The molecule has 102 valence electrons. The second-order valence-corrected chi connectivity index (χ2v) is 6.21. The largest absolute Gasteiger partial charge is 0.491 e. The summed E-state index contributed by atoms with van der Waals surface area (Å²) in [5.41, 5.74) is 2.83. The molecule has 0 aromatic heterocycles. The van der Waals surface area contributed by atoms with Gasteiger partial charge in [-0.2, -0.15) is 0 Å². The Labute approximate surface area is 116 Å². The summed E-state index contributed by atoms with van der Waals surface area (Å²) in [6.45, 7) is 0.507. The Morgan fingerprint density at radius 2 is 2.26 bits per heavy atom. The summed E-state index contributed by atoms with van der Waals surface area (Å²) >= 11 is 1.61. The van der Waals surface area contributed by atoms with E-state index in [0.717, 1.165) is 12.2 Å². The Kier molecular flexibility index (Phi) is 3.66. The van der Waals surface area contributed by atoms with Gasteiger partial charge in [0.2, 0.25) is 0 Å². The van der Waals surface area contributed by atoms with Gasteiger partial charge in [0, 0.05) is 5.75 Å². The van der Waals surface area contributed by atoms with Crippen molar-refractivity contribution in [3.63, 3.8) is 0 Å². The second kappa shape index (κ2) is 5.43. The Morgan fingerprint density at radius 1 is 1.42 bits per heavy atom. The monoisotopic (exact) mass is 279 g/mol. The highest BCUT2D eigenvalue weighted by molar-refractivity contribution is 8.00. The van der Waals surface area contributed by atoms with E-state index < -0.39 is 12.0 Å². The molecule has 1 aliphatic carbocycles. The van der Waals surface area contributed by atoms with E-state index in [4.69, 9.17) is 9.84 Å². The van der Waals surface area contributed by atoms with Crippen molar-refractivity contribution in [2.75, 3.05) is 12.4 Å². The molecule has 2 N–H and O–H groups in total. The van der Waals surface area contributed by atoms with E-state index in [1.807, 2.05) is 6.07 Å². The lowest BCUT2D eigenvalue weighted by atomic mass is 10.1. The van der Waals surface area contributed by atoms with Crippen LogP contribution in [0, 0.1) is 0 Å². The third-order valence-electron chi connectivity index (χ3n) is 3.62. The molecule has 5 heteroatoms. The molecule has 0 bridgehead atoms. The van der Waals surface area contributed by atoms with Crippen molar-refractivity contribution < 1.29 is 14.6 Å². The van der Waals surface area contributed by atoms with Gasteiger partial charge in [-0.15, -0.1) is 11.8 Å². The van der Waals surface area contributed by atoms with E-state index in [0.29, 0.717) is 12.4 Å². The van der Waals surface area contributed by atoms with Gasteiger partial charge in [0.15, 0.2) is 0 Å². The van der Waals surface area contributed by atoms with Gasteiger partial charge in [-0.1, -0.05) is 6.07 Å². The van der Waals surface area contributed by atoms with Crippen LogP contribution < -0.4 is 10.1 Å². The predicted octanol–water partition coefficient (Wildman–Crippen LogP) is 1.67. The maximum atomic E-state index is 10.8. The number of aryl methyl sites for hydroxylation is 2. The molecule has 1 aromatic rings. The third kappa shape index (κ3) is 2.87. The van der Waals surface area contributed by atoms with Crippen LogP contribution in [0.15, 0.2) is 18.2 Å². The lowest BCUT2D eigenvalue weighted by molar-refractivity contribution is -0.138. The first-order chi connectivity index (χ1) is 9.22. The molecule has 2 atom stereocenters. The van der Waals surface area contributed by atoms with Crippen LogP contribution in [0.1, 0.15) is 17.5 Å². The Balaban J connectivity index is 1.54. The molecule has 0 amide bonds. The number of nitrogens with one attached hydrogen (secondary N) is 1. The first-order valence-corrected chi connectivity index (χ1v) is 7.62. The number of hydrogen-bond acceptors (Lipinski definition) is 4. The van der Waals surface area contributed by atoms with Crippen LogP contribution in [0.4, 0.5) is 0 Å². The maximum Gasteiger partial charge on any atom is 0.321 e. The lowest BCUT2D eigenvalue weighted by Crippen LogP contribution is -2.38. The van der Waals surface area contributed by atoms with Crippen molar-refractivity contribution in [1.82, 2.24) is 5.32 Å². The van der Waals surface area contributed by atoms with Gasteiger partial charge in [-0.05, 0) is 42.5 Å². The van der Waals surface area contributed by atoms with E-state index in [1.165, 1.54) is 24.0 Å². The molecule has 1 aliphatic heterocycles. The number of carboxylic acids is 1. The highest BCUT2D eigenvalue weighted by Crippen LogP contribution is 2.27. The number of aliphatic carboxylic acids is 1. The van der Waals surface area contributed by atoms with Crippen LogP contribution in [0.5, 0.6) is 5.75 Å².